The zero-order chi connectivity index (χ0) is 24.9. The third-order valence-electron chi connectivity index (χ3n) is 7.03. The fourth-order valence-corrected chi connectivity index (χ4v) is 5.05. The van der Waals surface area contributed by atoms with E-state index in [0.29, 0.717) is 39.7 Å². The zero-order valence-electron chi connectivity index (χ0n) is 19.9. The molecule has 4 aromatic carbocycles. The predicted molar refractivity (Wildman–Crippen MR) is 141 cm³/mol. The third kappa shape index (κ3) is 3.80. The number of benzene rings is 4. The molecule has 0 bridgehead atoms. The number of amides is 2. The summed E-state index contributed by atoms with van der Waals surface area (Å²) < 4.78 is 11.1. The van der Waals surface area contributed by atoms with E-state index >= 15 is 0 Å². The number of fused-ring (bicyclic) bond motifs is 3. The van der Waals surface area contributed by atoms with Crippen molar-refractivity contribution in [2.24, 2.45) is 4.99 Å². The van der Waals surface area contributed by atoms with E-state index < -0.39 is 6.04 Å². The van der Waals surface area contributed by atoms with Crippen molar-refractivity contribution < 1.29 is 19.1 Å². The van der Waals surface area contributed by atoms with Crippen LogP contribution in [0.15, 0.2) is 89.9 Å². The molecule has 0 radical (unpaired) electrons. The molecular weight excluding hydrogens is 466 g/mol. The van der Waals surface area contributed by atoms with Crippen LogP contribution in [-0.4, -0.2) is 41.3 Å². The summed E-state index contributed by atoms with van der Waals surface area (Å²) >= 11 is 0. The molecule has 1 aliphatic carbocycles. The zero-order valence-corrected chi connectivity index (χ0v) is 19.9. The van der Waals surface area contributed by atoms with Gasteiger partial charge in [-0.2, -0.15) is 0 Å². The Labute approximate surface area is 213 Å². The number of ether oxygens (including phenoxy) is 2. The number of rotatable bonds is 4. The highest BCUT2D eigenvalue weighted by molar-refractivity contribution is 6.24. The van der Waals surface area contributed by atoms with Crippen LogP contribution in [0, 0.1) is 0 Å². The average molecular weight is 490 g/mol. The Kier molecular flexibility index (Phi) is 4.96. The lowest BCUT2D eigenvalue weighted by Gasteiger charge is -2.31. The van der Waals surface area contributed by atoms with E-state index in [9.17, 15) is 9.59 Å². The van der Waals surface area contributed by atoms with Crippen molar-refractivity contribution in [1.29, 1.82) is 0 Å². The first-order chi connectivity index (χ1) is 18.2. The first-order valence-electron chi connectivity index (χ1n) is 12.4. The van der Waals surface area contributed by atoms with Gasteiger partial charge in [-0.05, 0) is 66.1 Å². The smallest absolute Gasteiger partial charge is 0.255 e. The highest BCUT2D eigenvalue weighted by atomic mass is 16.7. The fraction of sp³-hybridized carbons (Fsp3) is 0.167. The summed E-state index contributed by atoms with van der Waals surface area (Å²) in [5, 5.41) is 5.06. The van der Waals surface area contributed by atoms with Gasteiger partial charge < -0.3 is 19.7 Å². The lowest BCUT2D eigenvalue weighted by atomic mass is 9.98. The maximum atomic E-state index is 14.1. The molecule has 7 rings (SSSR count). The van der Waals surface area contributed by atoms with Crippen LogP contribution in [-0.2, 0) is 4.79 Å². The second-order valence-corrected chi connectivity index (χ2v) is 9.48. The van der Waals surface area contributed by atoms with E-state index in [-0.39, 0.29) is 24.6 Å². The molecule has 1 fully saturated rings. The SMILES string of the molecule is O=C1Nc2ccccc2N=C(c2ccc3c(c2)OCO3)C1N(C(=O)c1ccc2ccccc2c1)C1CC1. The van der Waals surface area contributed by atoms with Crippen molar-refractivity contribution >= 4 is 39.7 Å². The molecule has 4 aromatic rings. The Hall–Kier alpha value is -4.65. The lowest BCUT2D eigenvalue weighted by Crippen LogP contribution is -2.52. The Morgan fingerprint density at radius 1 is 0.865 bits per heavy atom. The summed E-state index contributed by atoms with van der Waals surface area (Å²) in [6, 6.07) is 25.6. The van der Waals surface area contributed by atoms with Gasteiger partial charge in [0.05, 0.1) is 17.1 Å². The number of carbonyl (C=O) groups excluding carboxylic acids is 2. The molecule has 7 heteroatoms. The van der Waals surface area contributed by atoms with Crippen LogP contribution < -0.4 is 14.8 Å². The van der Waals surface area contributed by atoms with Gasteiger partial charge in [0.1, 0.15) is 0 Å². The maximum Gasteiger partial charge on any atom is 0.255 e. The van der Waals surface area contributed by atoms with E-state index in [1.165, 1.54) is 0 Å². The average Bonchev–Trinajstić information content (AvgIpc) is 3.68. The van der Waals surface area contributed by atoms with E-state index in [4.69, 9.17) is 14.5 Å². The van der Waals surface area contributed by atoms with Gasteiger partial charge in [0.25, 0.3) is 11.8 Å². The van der Waals surface area contributed by atoms with Gasteiger partial charge in [0, 0.05) is 17.2 Å². The van der Waals surface area contributed by atoms with Crippen LogP contribution >= 0.6 is 0 Å². The predicted octanol–water partition coefficient (Wildman–Crippen LogP) is 5.31. The molecule has 3 aliphatic rings. The second kappa shape index (κ2) is 8.48. The fourth-order valence-electron chi connectivity index (χ4n) is 5.05. The van der Waals surface area contributed by atoms with Gasteiger partial charge in [-0.1, -0.05) is 42.5 Å². The van der Waals surface area contributed by atoms with E-state index in [1.807, 2.05) is 84.9 Å². The van der Waals surface area contributed by atoms with E-state index in [2.05, 4.69) is 5.32 Å². The minimum Gasteiger partial charge on any atom is -0.454 e. The molecule has 2 aliphatic heterocycles. The van der Waals surface area contributed by atoms with Gasteiger partial charge in [-0.3, -0.25) is 9.59 Å². The molecule has 2 heterocycles. The number of nitrogens with one attached hydrogen (secondary N) is 1. The van der Waals surface area contributed by atoms with Gasteiger partial charge >= 0.3 is 0 Å². The lowest BCUT2D eigenvalue weighted by molar-refractivity contribution is -0.118. The van der Waals surface area contributed by atoms with Crippen LogP contribution in [0.4, 0.5) is 11.4 Å². The Morgan fingerprint density at radius 3 is 2.51 bits per heavy atom. The molecule has 1 N–H and O–H groups in total. The topological polar surface area (TPSA) is 80.2 Å². The molecule has 1 saturated carbocycles. The van der Waals surface area contributed by atoms with Gasteiger partial charge in [-0.25, -0.2) is 4.99 Å². The molecule has 0 aromatic heterocycles. The van der Waals surface area contributed by atoms with Crippen LogP contribution in [0.1, 0.15) is 28.8 Å². The molecule has 2 amide bonds. The van der Waals surface area contributed by atoms with Crippen molar-refractivity contribution in [1.82, 2.24) is 4.90 Å². The third-order valence-corrected chi connectivity index (χ3v) is 7.03. The number of aliphatic imine (C=N–C) groups is 1. The van der Waals surface area contributed by atoms with Crippen molar-refractivity contribution in [3.05, 3.63) is 96.1 Å². The number of carbonyl (C=O) groups is 2. The van der Waals surface area contributed by atoms with Gasteiger partial charge in [0.15, 0.2) is 17.5 Å². The number of anilines is 1. The molecule has 1 unspecified atom stereocenters. The molecule has 0 spiro atoms. The van der Waals surface area contributed by atoms with Crippen molar-refractivity contribution in [2.45, 2.75) is 24.9 Å². The second-order valence-electron chi connectivity index (χ2n) is 9.48. The summed E-state index contributed by atoms with van der Waals surface area (Å²) in [6.07, 6.45) is 1.68. The quantitative estimate of drug-likeness (QED) is 0.421. The van der Waals surface area contributed by atoms with Crippen molar-refractivity contribution in [2.75, 3.05) is 12.1 Å². The molecule has 182 valence electrons. The van der Waals surface area contributed by atoms with Crippen LogP contribution in [0.5, 0.6) is 11.5 Å². The summed E-state index contributed by atoms with van der Waals surface area (Å²) in [7, 11) is 0. The Bertz CT molecular complexity index is 1610. The van der Waals surface area contributed by atoms with Crippen LogP contribution in [0.3, 0.4) is 0 Å². The molecule has 1 atom stereocenters. The summed E-state index contributed by atoms with van der Waals surface area (Å²) in [5.74, 6) is 0.761. The van der Waals surface area contributed by atoms with Gasteiger partial charge in [0.2, 0.25) is 6.79 Å². The molecular formula is C30H23N3O4. The number of nitrogens with zero attached hydrogens (tertiary/aromatic N) is 2. The van der Waals surface area contributed by atoms with Crippen LogP contribution in [0.25, 0.3) is 10.8 Å². The number of hydrogen-bond acceptors (Lipinski definition) is 5. The monoisotopic (exact) mass is 489 g/mol. The molecule has 0 saturated heterocycles. The first kappa shape index (κ1) is 21.6. The highest BCUT2D eigenvalue weighted by Crippen LogP contribution is 2.38. The minimum atomic E-state index is -0.917. The van der Waals surface area contributed by atoms with E-state index in [1.54, 1.807) is 4.90 Å². The normalized spacial score (nSPS) is 18.0. The van der Waals surface area contributed by atoms with Crippen LogP contribution in [0.2, 0.25) is 0 Å². The largest absolute Gasteiger partial charge is 0.454 e. The Morgan fingerprint density at radius 2 is 1.65 bits per heavy atom. The number of para-hydroxylation sites is 2. The summed E-state index contributed by atoms with van der Waals surface area (Å²) in [5.41, 5.74) is 3.01. The van der Waals surface area contributed by atoms with Gasteiger partial charge in [-0.15, -0.1) is 0 Å². The van der Waals surface area contributed by atoms with Crippen molar-refractivity contribution in [3.8, 4) is 11.5 Å². The maximum absolute atomic E-state index is 14.1. The van der Waals surface area contributed by atoms with E-state index in [0.717, 1.165) is 23.6 Å². The van der Waals surface area contributed by atoms with Crippen molar-refractivity contribution in [3.63, 3.8) is 0 Å². The molecule has 37 heavy (non-hydrogen) atoms. The Balaban J connectivity index is 1.37. The standard InChI is InChI=1S/C30H23N3O4/c34-29-28(33(22-12-13-22)30(35)21-10-9-18-5-1-2-6-19(18)15-21)27(31-23-7-3-4-8-24(23)32-29)20-11-14-25-26(16-20)37-17-36-25/h1-11,14-16,22,28H,12-13,17H2,(H,32,34). The highest BCUT2D eigenvalue weighted by Gasteiger charge is 2.44. The minimum absolute atomic E-state index is 0.0462. The summed E-state index contributed by atoms with van der Waals surface area (Å²) in [4.78, 5) is 34.7. The number of hydrogen-bond donors (Lipinski definition) is 1. The molecule has 7 nitrogen and oxygen atoms in total. The summed E-state index contributed by atoms with van der Waals surface area (Å²) in [6.45, 7) is 0.145. The first-order valence-corrected chi connectivity index (χ1v) is 12.4.